The van der Waals surface area contributed by atoms with Gasteiger partial charge in [0.1, 0.15) is 16.8 Å². The number of fused-ring (bicyclic) bond motifs is 2. The van der Waals surface area contributed by atoms with Gasteiger partial charge in [-0.05, 0) is 43.5 Å². The number of hydrogen-bond acceptors (Lipinski definition) is 4. The normalized spacial score (nSPS) is 12.2. The molecule has 0 fully saturated rings. The molecule has 31 heavy (non-hydrogen) atoms. The van der Waals surface area contributed by atoms with Crippen LogP contribution in [0.1, 0.15) is 47.8 Å². The topological polar surface area (TPSA) is 92.2 Å². The van der Waals surface area contributed by atoms with Crippen LogP contribution in [0.5, 0.6) is 0 Å². The molecule has 0 aliphatic heterocycles. The van der Waals surface area contributed by atoms with Gasteiger partial charge in [0.2, 0.25) is 0 Å². The highest BCUT2D eigenvalue weighted by atomic mass is 16.2. The Morgan fingerprint density at radius 1 is 1.16 bits per heavy atom. The number of rotatable bonds is 5. The van der Waals surface area contributed by atoms with E-state index in [1.807, 2.05) is 57.2 Å². The molecule has 2 N–H and O–H groups in total. The van der Waals surface area contributed by atoms with Gasteiger partial charge in [-0.15, -0.1) is 0 Å². The van der Waals surface area contributed by atoms with Crippen LogP contribution in [-0.2, 0) is 6.54 Å². The SMILES string of the molecule is CCCn1c(=N)c(C(=O)N[C@@H](C)c2ccccc2)cc2c(=O)n3cccc(C)c3nc21. The van der Waals surface area contributed by atoms with E-state index in [0.29, 0.717) is 23.2 Å². The molecule has 0 aliphatic carbocycles. The lowest BCUT2D eigenvalue weighted by Gasteiger charge is -2.17. The lowest BCUT2D eigenvalue weighted by Crippen LogP contribution is -2.36. The van der Waals surface area contributed by atoms with Gasteiger partial charge in [-0.25, -0.2) is 4.98 Å². The van der Waals surface area contributed by atoms with Crippen molar-refractivity contribution in [3.05, 3.63) is 87.3 Å². The smallest absolute Gasteiger partial charge is 0.267 e. The number of aromatic nitrogens is 3. The third-order valence-corrected chi connectivity index (χ3v) is 5.47. The number of pyridine rings is 2. The van der Waals surface area contributed by atoms with Crippen molar-refractivity contribution in [1.29, 1.82) is 5.41 Å². The zero-order chi connectivity index (χ0) is 22.1. The van der Waals surface area contributed by atoms with Crippen LogP contribution in [0, 0.1) is 12.3 Å². The molecule has 0 radical (unpaired) electrons. The number of hydrogen-bond donors (Lipinski definition) is 2. The predicted octanol–water partition coefficient (Wildman–Crippen LogP) is 3.34. The van der Waals surface area contributed by atoms with Gasteiger partial charge in [0.25, 0.3) is 11.5 Å². The van der Waals surface area contributed by atoms with Crippen LogP contribution in [0.25, 0.3) is 16.7 Å². The third-order valence-electron chi connectivity index (χ3n) is 5.47. The van der Waals surface area contributed by atoms with E-state index in [1.54, 1.807) is 16.8 Å². The minimum Gasteiger partial charge on any atom is -0.345 e. The van der Waals surface area contributed by atoms with Gasteiger partial charge in [-0.1, -0.05) is 43.3 Å². The van der Waals surface area contributed by atoms with Crippen LogP contribution in [-0.4, -0.2) is 19.9 Å². The van der Waals surface area contributed by atoms with Gasteiger partial charge < -0.3 is 9.88 Å². The van der Waals surface area contributed by atoms with E-state index in [1.165, 1.54) is 10.5 Å². The molecule has 4 aromatic rings. The molecule has 0 spiro atoms. The lowest BCUT2D eigenvalue weighted by molar-refractivity contribution is 0.0937. The highest BCUT2D eigenvalue weighted by Crippen LogP contribution is 2.15. The van der Waals surface area contributed by atoms with Gasteiger partial charge in [0.15, 0.2) is 0 Å². The molecule has 1 amide bonds. The van der Waals surface area contributed by atoms with E-state index < -0.39 is 0 Å². The first-order valence-electron chi connectivity index (χ1n) is 10.4. The van der Waals surface area contributed by atoms with Crippen LogP contribution in [0.4, 0.5) is 0 Å². The van der Waals surface area contributed by atoms with Crippen molar-refractivity contribution < 1.29 is 4.79 Å². The largest absolute Gasteiger partial charge is 0.345 e. The van der Waals surface area contributed by atoms with Gasteiger partial charge in [-0.3, -0.25) is 19.4 Å². The fourth-order valence-corrected chi connectivity index (χ4v) is 3.81. The third kappa shape index (κ3) is 3.63. The van der Waals surface area contributed by atoms with Crippen LogP contribution in [0.3, 0.4) is 0 Å². The second-order valence-corrected chi connectivity index (χ2v) is 7.70. The Balaban J connectivity index is 1.90. The first-order valence-corrected chi connectivity index (χ1v) is 10.4. The Morgan fingerprint density at radius 2 is 1.90 bits per heavy atom. The monoisotopic (exact) mass is 415 g/mol. The number of carbonyl (C=O) groups excluding carboxylic acids is 1. The lowest BCUT2D eigenvalue weighted by atomic mass is 10.1. The Labute approximate surface area is 179 Å². The molecule has 0 saturated carbocycles. The number of amides is 1. The molecule has 0 bridgehead atoms. The van der Waals surface area contributed by atoms with E-state index in [0.717, 1.165) is 17.5 Å². The van der Waals surface area contributed by atoms with E-state index in [-0.39, 0.29) is 28.6 Å². The van der Waals surface area contributed by atoms with E-state index >= 15 is 0 Å². The highest BCUT2D eigenvalue weighted by Gasteiger charge is 2.19. The zero-order valence-electron chi connectivity index (χ0n) is 17.8. The quantitative estimate of drug-likeness (QED) is 0.490. The van der Waals surface area contributed by atoms with Crippen LogP contribution in [0.15, 0.2) is 59.5 Å². The molecular formula is C24H25N5O2. The molecular weight excluding hydrogens is 390 g/mol. The molecule has 7 nitrogen and oxygen atoms in total. The minimum absolute atomic E-state index is 0.0527. The molecule has 1 aromatic carbocycles. The molecule has 4 rings (SSSR count). The maximum atomic E-state index is 13.2. The first-order chi connectivity index (χ1) is 14.9. The average Bonchev–Trinajstić information content (AvgIpc) is 2.77. The number of aryl methyl sites for hydroxylation is 2. The Hall–Kier alpha value is -3.74. The summed E-state index contributed by atoms with van der Waals surface area (Å²) in [7, 11) is 0. The molecule has 158 valence electrons. The summed E-state index contributed by atoms with van der Waals surface area (Å²) in [5.74, 6) is -0.387. The van der Waals surface area contributed by atoms with Gasteiger partial charge in [0.05, 0.1) is 17.0 Å². The summed E-state index contributed by atoms with van der Waals surface area (Å²) in [6, 6.07) is 14.6. The molecule has 3 heterocycles. The van der Waals surface area contributed by atoms with Gasteiger partial charge in [0, 0.05) is 12.7 Å². The first kappa shape index (κ1) is 20.5. The van der Waals surface area contributed by atoms with Crippen molar-refractivity contribution in [2.45, 2.75) is 39.8 Å². The summed E-state index contributed by atoms with van der Waals surface area (Å²) in [4.78, 5) is 31.0. The number of benzene rings is 1. The Bertz CT molecular complexity index is 1400. The number of nitrogens with one attached hydrogen (secondary N) is 2. The second kappa shape index (κ2) is 8.18. The molecule has 7 heteroatoms. The predicted molar refractivity (Wildman–Crippen MR) is 120 cm³/mol. The second-order valence-electron chi connectivity index (χ2n) is 7.70. The summed E-state index contributed by atoms with van der Waals surface area (Å²) >= 11 is 0. The molecule has 3 aromatic heterocycles. The summed E-state index contributed by atoms with van der Waals surface area (Å²) in [6.07, 6.45) is 2.42. The molecule has 0 aliphatic rings. The Kier molecular flexibility index (Phi) is 5.42. The highest BCUT2D eigenvalue weighted by molar-refractivity contribution is 5.97. The van der Waals surface area contributed by atoms with Crippen LogP contribution in [0.2, 0.25) is 0 Å². The van der Waals surface area contributed by atoms with E-state index in [9.17, 15) is 9.59 Å². The fraction of sp³-hybridized carbons (Fsp3) is 0.250. The van der Waals surface area contributed by atoms with Crippen molar-refractivity contribution in [3.63, 3.8) is 0 Å². The summed E-state index contributed by atoms with van der Waals surface area (Å²) in [5, 5.41) is 12.0. The van der Waals surface area contributed by atoms with Gasteiger partial charge >= 0.3 is 0 Å². The maximum absolute atomic E-state index is 13.2. The zero-order valence-corrected chi connectivity index (χ0v) is 17.8. The Morgan fingerprint density at radius 3 is 2.61 bits per heavy atom. The fourth-order valence-electron chi connectivity index (χ4n) is 3.81. The van der Waals surface area contributed by atoms with Crippen molar-refractivity contribution >= 4 is 22.6 Å². The van der Waals surface area contributed by atoms with Crippen molar-refractivity contribution in [2.75, 3.05) is 0 Å². The minimum atomic E-state index is -0.387. The molecule has 0 saturated heterocycles. The van der Waals surface area contributed by atoms with E-state index in [2.05, 4.69) is 5.32 Å². The van der Waals surface area contributed by atoms with Crippen molar-refractivity contribution in [2.24, 2.45) is 0 Å². The van der Waals surface area contributed by atoms with E-state index in [4.69, 9.17) is 10.4 Å². The summed E-state index contributed by atoms with van der Waals surface area (Å²) in [6.45, 7) is 6.26. The van der Waals surface area contributed by atoms with Crippen LogP contribution < -0.4 is 16.4 Å². The number of carbonyl (C=O) groups is 1. The molecule has 0 unspecified atom stereocenters. The average molecular weight is 415 g/mol. The van der Waals surface area contributed by atoms with Crippen molar-refractivity contribution in [1.82, 2.24) is 19.3 Å². The van der Waals surface area contributed by atoms with Crippen molar-refractivity contribution in [3.8, 4) is 0 Å². The van der Waals surface area contributed by atoms with Crippen LogP contribution >= 0.6 is 0 Å². The maximum Gasteiger partial charge on any atom is 0.267 e. The van der Waals surface area contributed by atoms with Gasteiger partial charge in [-0.2, -0.15) is 0 Å². The number of nitrogens with zero attached hydrogens (tertiary/aromatic N) is 3. The molecule has 1 atom stereocenters. The summed E-state index contributed by atoms with van der Waals surface area (Å²) in [5.41, 5.74) is 2.78. The standard InChI is InChI=1S/C24H25N5O2/c1-4-12-28-20(25)18(23(30)26-16(3)17-10-6-5-7-11-17)14-19-22(28)27-21-15(2)9-8-13-29(21)24(19)31/h5-11,13-14,16,25H,4,12H2,1-3H3,(H,26,30)/t16-/m0/s1. The summed E-state index contributed by atoms with van der Waals surface area (Å²) < 4.78 is 3.15.